The van der Waals surface area contributed by atoms with Crippen molar-refractivity contribution in [3.05, 3.63) is 194 Å². The van der Waals surface area contributed by atoms with Crippen molar-refractivity contribution in [2.24, 2.45) is 0 Å². The summed E-state index contributed by atoms with van der Waals surface area (Å²) < 4.78 is 11.6. The van der Waals surface area contributed by atoms with E-state index in [2.05, 4.69) is 180 Å². The number of hydrogen-bond acceptors (Lipinski definition) is 5. The molecule has 0 fully saturated rings. The van der Waals surface area contributed by atoms with Crippen LogP contribution in [0.25, 0.3) is 126 Å². The van der Waals surface area contributed by atoms with Crippen LogP contribution in [-0.4, -0.2) is 19.5 Å². The van der Waals surface area contributed by atoms with Gasteiger partial charge in [-0.05, 0) is 88.6 Å². The molecule has 4 heterocycles. The Morgan fingerprint density at radius 3 is 1.85 bits per heavy atom. The van der Waals surface area contributed by atoms with E-state index >= 15 is 0 Å². The van der Waals surface area contributed by atoms with Gasteiger partial charge in [0.2, 0.25) is 0 Å². The molecule has 0 saturated carbocycles. The van der Waals surface area contributed by atoms with E-state index in [1.807, 2.05) is 18.2 Å². The molecule has 9 aromatic carbocycles. The second-order valence-electron chi connectivity index (χ2n) is 15.6. The number of nitrogens with zero attached hydrogens (tertiary/aromatic N) is 4. The number of rotatable bonds is 5. The third kappa shape index (κ3) is 5.43. The van der Waals surface area contributed by atoms with Crippen molar-refractivity contribution in [3.8, 4) is 51.0 Å². The van der Waals surface area contributed by atoms with Gasteiger partial charge in [-0.2, -0.15) is 0 Å². The first-order valence-corrected chi connectivity index (χ1v) is 21.2. The van der Waals surface area contributed by atoms with E-state index in [0.29, 0.717) is 17.5 Å². The SMILES string of the molecule is c1ccc(-c2cccc(-c3nc(-c4cc(-n5c6ccccc6c6cc7ccccc7cc65)c5c(c4)oc4ccccc45)nc(-c4ccc5sc6ccccc6c5c4)n3)c2)cc1. The molecule has 0 aliphatic heterocycles. The summed E-state index contributed by atoms with van der Waals surface area (Å²) in [6, 6.07) is 68.6. The molecule has 0 radical (unpaired) electrons. The first kappa shape index (κ1) is 34.0. The van der Waals surface area contributed by atoms with Crippen LogP contribution in [0.5, 0.6) is 0 Å². The molecule has 4 aromatic heterocycles. The van der Waals surface area contributed by atoms with Crippen LogP contribution >= 0.6 is 11.3 Å². The van der Waals surface area contributed by atoms with E-state index in [1.54, 1.807) is 11.3 Å². The summed E-state index contributed by atoms with van der Waals surface area (Å²) in [7, 11) is 0. The number of para-hydroxylation sites is 2. The Morgan fingerprint density at radius 1 is 0.361 bits per heavy atom. The van der Waals surface area contributed by atoms with Crippen molar-refractivity contribution in [2.75, 3.05) is 0 Å². The molecule has 284 valence electrons. The van der Waals surface area contributed by atoms with Crippen LogP contribution < -0.4 is 0 Å². The second kappa shape index (κ2) is 13.3. The largest absolute Gasteiger partial charge is 0.456 e. The van der Waals surface area contributed by atoms with Gasteiger partial charge < -0.3 is 8.98 Å². The maximum Gasteiger partial charge on any atom is 0.164 e. The van der Waals surface area contributed by atoms with Crippen molar-refractivity contribution < 1.29 is 4.42 Å². The smallest absolute Gasteiger partial charge is 0.164 e. The Hall–Kier alpha value is -7.93. The monoisotopic (exact) mass is 796 g/mol. The fourth-order valence-corrected chi connectivity index (χ4v) is 10.2. The van der Waals surface area contributed by atoms with Gasteiger partial charge in [-0.3, -0.25) is 0 Å². The average Bonchev–Trinajstić information content (AvgIpc) is 4.00. The van der Waals surface area contributed by atoms with Crippen molar-refractivity contribution in [3.63, 3.8) is 0 Å². The molecule has 13 aromatic rings. The summed E-state index contributed by atoms with van der Waals surface area (Å²) in [6.45, 7) is 0. The maximum atomic E-state index is 6.74. The number of benzene rings is 9. The molecule has 0 amide bonds. The Balaban J connectivity index is 1.10. The molecule has 61 heavy (non-hydrogen) atoms. The van der Waals surface area contributed by atoms with Crippen LogP contribution in [0.15, 0.2) is 199 Å². The lowest BCUT2D eigenvalue weighted by Gasteiger charge is -2.14. The summed E-state index contributed by atoms with van der Waals surface area (Å²) in [4.78, 5) is 15.9. The zero-order chi connectivity index (χ0) is 40.0. The van der Waals surface area contributed by atoms with E-state index in [-0.39, 0.29) is 0 Å². The van der Waals surface area contributed by atoms with Gasteiger partial charge >= 0.3 is 0 Å². The van der Waals surface area contributed by atoms with Crippen LogP contribution in [0.4, 0.5) is 0 Å². The first-order valence-electron chi connectivity index (χ1n) is 20.4. The molecule has 0 unspecified atom stereocenters. The van der Waals surface area contributed by atoms with Crippen LogP contribution in [0.3, 0.4) is 0 Å². The minimum absolute atomic E-state index is 0.565. The molecule has 0 N–H and O–H groups in total. The summed E-state index contributed by atoms with van der Waals surface area (Å²) in [5.41, 5.74) is 9.73. The van der Waals surface area contributed by atoms with Gasteiger partial charge in [0.15, 0.2) is 17.5 Å². The lowest BCUT2D eigenvalue weighted by Crippen LogP contribution is -2.02. The maximum absolute atomic E-state index is 6.74. The van der Waals surface area contributed by atoms with E-state index in [9.17, 15) is 0 Å². The molecule has 6 heteroatoms. The molecule has 5 nitrogen and oxygen atoms in total. The third-order valence-corrected chi connectivity index (χ3v) is 13.1. The molecule has 0 spiro atoms. The highest BCUT2D eigenvalue weighted by Gasteiger charge is 2.22. The van der Waals surface area contributed by atoms with Gasteiger partial charge in [-0.25, -0.2) is 15.0 Å². The van der Waals surface area contributed by atoms with Crippen molar-refractivity contribution in [1.29, 1.82) is 0 Å². The number of fused-ring (bicyclic) bond motifs is 10. The van der Waals surface area contributed by atoms with Crippen molar-refractivity contribution in [1.82, 2.24) is 19.5 Å². The fourth-order valence-electron chi connectivity index (χ4n) is 9.15. The van der Waals surface area contributed by atoms with Gasteiger partial charge in [0.1, 0.15) is 11.2 Å². The van der Waals surface area contributed by atoms with Crippen LogP contribution in [-0.2, 0) is 0 Å². The Morgan fingerprint density at radius 2 is 1.00 bits per heavy atom. The van der Waals surface area contributed by atoms with Gasteiger partial charge in [-0.1, -0.05) is 127 Å². The van der Waals surface area contributed by atoms with Gasteiger partial charge in [0, 0.05) is 53.0 Å². The summed E-state index contributed by atoms with van der Waals surface area (Å²) >= 11 is 1.80. The Labute approximate surface area is 353 Å². The summed E-state index contributed by atoms with van der Waals surface area (Å²) in [5, 5.41) is 9.29. The normalized spacial score (nSPS) is 11.9. The quantitative estimate of drug-likeness (QED) is 0.174. The number of aromatic nitrogens is 4. The number of thiophene rings is 1. The van der Waals surface area contributed by atoms with Crippen LogP contribution in [0.1, 0.15) is 0 Å². The summed E-state index contributed by atoms with van der Waals surface area (Å²) in [6.07, 6.45) is 0. The van der Waals surface area contributed by atoms with Crippen molar-refractivity contribution in [2.45, 2.75) is 0 Å². The van der Waals surface area contributed by atoms with Crippen LogP contribution in [0, 0.1) is 0 Å². The third-order valence-electron chi connectivity index (χ3n) is 12.0. The lowest BCUT2D eigenvalue weighted by atomic mass is 10.0. The molecule has 0 aliphatic carbocycles. The van der Waals surface area contributed by atoms with Gasteiger partial charge in [0.05, 0.1) is 22.1 Å². The van der Waals surface area contributed by atoms with E-state index in [1.165, 1.54) is 41.7 Å². The highest BCUT2D eigenvalue weighted by molar-refractivity contribution is 7.25. The van der Waals surface area contributed by atoms with Crippen molar-refractivity contribution >= 4 is 86.0 Å². The van der Waals surface area contributed by atoms with Crippen LogP contribution in [0.2, 0.25) is 0 Å². The topological polar surface area (TPSA) is 56.7 Å². The predicted octanol–water partition coefficient (Wildman–Crippen LogP) is 15.1. The van der Waals surface area contributed by atoms with E-state index in [0.717, 1.165) is 66.5 Å². The predicted molar refractivity (Wildman–Crippen MR) is 254 cm³/mol. The number of hydrogen-bond donors (Lipinski definition) is 0. The zero-order valence-corrected chi connectivity index (χ0v) is 33.4. The highest BCUT2D eigenvalue weighted by Crippen LogP contribution is 2.42. The molecular weight excluding hydrogens is 765 g/mol. The minimum atomic E-state index is 0.565. The second-order valence-corrected chi connectivity index (χ2v) is 16.7. The first-order chi connectivity index (χ1) is 30.2. The molecule has 13 rings (SSSR count). The number of furan rings is 1. The molecule has 0 bridgehead atoms. The molecule has 0 aliphatic rings. The Bertz CT molecular complexity index is 3900. The average molecular weight is 797 g/mol. The fraction of sp³-hybridized carbons (Fsp3) is 0. The zero-order valence-electron chi connectivity index (χ0n) is 32.6. The summed E-state index contributed by atoms with van der Waals surface area (Å²) in [5.74, 6) is 1.77. The molecule has 0 saturated heterocycles. The van der Waals surface area contributed by atoms with E-state index in [4.69, 9.17) is 19.4 Å². The minimum Gasteiger partial charge on any atom is -0.456 e. The molecule has 0 atom stereocenters. The highest BCUT2D eigenvalue weighted by atomic mass is 32.1. The van der Waals surface area contributed by atoms with Gasteiger partial charge in [0.25, 0.3) is 0 Å². The van der Waals surface area contributed by atoms with E-state index < -0.39 is 0 Å². The lowest BCUT2D eigenvalue weighted by molar-refractivity contribution is 0.669. The van der Waals surface area contributed by atoms with Gasteiger partial charge in [-0.15, -0.1) is 11.3 Å². The molecular formula is C55H32N4OS. The standard InChI is InChI=1S/C55H32N4OS/c1-2-13-33(14-3-1)34-17-12-18-37(27-34)53-56-54(38-25-26-51-44(29-38)41-20-8-11-24-50(41)61-51)58-55(57-53)39-31-47(52-42-21-7-10-23-48(42)60-49(52)32-39)59-45-22-9-6-19-40(45)43-28-35-15-4-5-16-36(35)30-46(43)59/h1-32H. The Kier molecular flexibility index (Phi) is 7.41.